The Morgan fingerprint density at radius 1 is 1.47 bits per heavy atom. The van der Waals surface area contributed by atoms with Crippen molar-refractivity contribution in [1.82, 2.24) is 0 Å². The van der Waals surface area contributed by atoms with Gasteiger partial charge in [0.2, 0.25) is 0 Å². The Hall–Kier alpha value is -0.730. The van der Waals surface area contributed by atoms with Gasteiger partial charge >= 0.3 is 0 Å². The number of hydrogen-bond donors (Lipinski definition) is 2. The van der Waals surface area contributed by atoms with Crippen molar-refractivity contribution in [3.05, 3.63) is 28.8 Å². The van der Waals surface area contributed by atoms with E-state index in [0.29, 0.717) is 23.4 Å². The minimum Gasteiger partial charge on any atom is -0.508 e. The smallest absolute Gasteiger partial charge is 0.120 e. The fraction of sp³-hybridized carbons (Fsp3) is 0.500. The van der Waals surface area contributed by atoms with Gasteiger partial charge in [0.1, 0.15) is 5.75 Å². The number of nitrogens with two attached hydrogens (primary N) is 1. The molecule has 0 saturated heterocycles. The first-order chi connectivity index (χ1) is 6.98. The van der Waals surface area contributed by atoms with Gasteiger partial charge in [-0.1, -0.05) is 31.5 Å². The van der Waals surface area contributed by atoms with Crippen LogP contribution in [0.25, 0.3) is 0 Å². The summed E-state index contributed by atoms with van der Waals surface area (Å²) in [5.41, 5.74) is 6.88. The largest absolute Gasteiger partial charge is 0.508 e. The topological polar surface area (TPSA) is 46.2 Å². The molecule has 1 fully saturated rings. The fourth-order valence-electron chi connectivity index (χ4n) is 2.58. The molecule has 0 heterocycles. The number of benzene rings is 1. The lowest BCUT2D eigenvalue weighted by Crippen LogP contribution is -2.05. The van der Waals surface area contributed by atoms with Crippen molar-refractivity contribution in [1.29, 1.82) is 0 Å². The number of phenolic OH excluding ortho intramolecular Hbond substituents is 1. The molecule has 82 valence electrons. The van der Waals surface area contributed by atoms with E-state index in [4.69, 9.17) is 17.3 Å². The molecule has 2 atom stereocenters. The van der Waals surface area contributed by atoms with E-state index in [9.17, 15) is 5.11 Å². The summed E-state index contributed by atoms with van der Waals surface area (Å²) < 4.78 is 0. The van der Waals surface area contributed by atoms with Crippen molar-refractivity contribution >= 4 is 11.6 Å². The molecule has 1 aliphatic carbocycles. The second kappa shape index (κ2) is 3.39. The van der Waals surface area contributed by atoms with Crippen LogP contribution in [-0.4, -0.2) is 11.7 Å². The monoisotopic (exact) mass is 225 g/mol. The number of aromatic hydroxyl groups is 1. The normalized spacial score (nSPS) is 27.7. The average molecular weight is 226 g/mol. The quantitative estimate of drug-likeness (QED) is 0.813. The van der Waals surface area contributed by atoms with Crippen LogP contribution in [0.4, 0.5) is 0 Å². The predicted octanol–water partition coefficient (Wildman–Crippen LogP) is 2.74. The summed E-state index contributed by atoms with van der Waals surface area (Å²) in [5, 5.41) is 10.4. The van der Waals surface area contributed by atoms with Gasteiger partial charge in [-0.2, -0.15) is 0 Å². The molecule has 3 N–H and O–H groups in total. The molecule has 0 bridgehead atoms. The minimum atomic E-state index is 0.195. The van der Waals surface area contributed by atoms with Gasteiger partial charge in [0.15, 0.2) is 0 Å². The number of phenols is 1. The van der Waals surface area contributed by atoms with Crippen molar-refractivity contribution in [3.63, 3.8) is 0 Å². The molecule has 2 unspecified atom stereocenters. The van der Waals surface area contributed by atoms with Gasteiger partial charge in [0.05, 0.1) is 0 Å². The highest BCUT2D eigenvalue weighted by atomic mass is 35.5. The lowest BCUT2D eigenvalue weighted by Gasteiger charge is -2.06. The maximum Gasteiger partial charge on any atom is 0.120 e. The van der Waals surface area contributed by atoms with Crippen LogP contribution in [0, 0.1) is 11.3 Å². The Labute approximate surface area is 95.1 Å². The second-order valence-corrected chi connectivity index (χ2v) is 5.28. The van der Waals surface area contributed by atoms with Gasteiger partial charge in [0, 0.05) is 5.02 Å². The molecule has 3 heteroatoms. The highest BCUT2D eigenvalue weighted by Crippen LogP contribution is 2.65. The van der Waals surface area contributed by atoms with E-state index in [-0.39, 0.29) is 11.2 Å². The number of hydrogen-bond acceptors (Lipinski definition) is 2. The summed E-state index contributed by atoms with van der Waals surface area (Å²) in [7, 11) is 0. The lowest BCUT2D eigenvalue weighted by molar-refractivity contribution is 0.464. The van der Waals surface area contributed by atoms with Crippen molar-refractivity contribution < 1.29 is 5.11 Å². The van der Waals surface area contributed by atoms with Gasteiger partial charge in [-0.15, -0.1) is 0 Å². The van der Waals surface area contributed by atoms with Crippen molar-refractivity contribution in [3.8, 4) is 5.75 Å². The molecule has 0 amide bonds. The number of rotatable bonds is 2. The third-order valence-electron chi connectivity index (χ3n) is 3.63. The zero-order valence-electron chi connectivity index (χ0n) is 9.00. The molecule has 2 rings (SSSR count). The van der Waals surface area contributed by atoms with Crippen LogP contribution in [0.1, 0.15) is 25.3 Å². The molecular weight excluding hydrogens is 210 g/mol. The van der Waals surface area contributed by atoms with Crippen molar-refractivity contribution in [2.24, 2.45) is 17.1 Å². The molecule has 1 aromatic carbocycles. The zero-order chi connectivity index (χ0) is 11.2. The first kappa shape index (κ1) is 10.8. The molecular formula is C12H16ClNO. The molecule has 1 saturated carbocycles. The van der Waals surface area contributed by atoms with Crippen LogP contribution in [0.2, 0.25) is 5.02 Å². The summed E-state index contributed by atoms with van der Waals surface area (Å²) in [6, 6.07) is 5.32. The van der Waals surface area contributed by atoms with Crippen molar-refractivity contribution in [2.75, 3.05) is 6.54 Å². The lowest BCUT2D eigenvalue weighted by atomic mass is 10.0. The summed E-state index contributed by atoms with van der Waals surface area (Å²) >= 11 is 5.80. The van der Waals surface area contributed by atoms with Gasteiger partial charge in [-0.25, -0.2) is 0 Å². The Morgan fingerprint density at radius 2 is 2.13 bits per heavy atom. The maximum atomic E-state index is 9.82. The molecule has 0 spiro atoms. The SMILES string of the molecule is CC1(C)C(CN)C1c1ccc(Cl)cc1O. The molecule has 2 nitrogen and oxygen atoms in total. The highest BCUT2D eigenvalue weighted by Gasteiger charge is 2.57. The Bertz CT molecular complexity index is 389. The Balaban J connectivity index is 2.33. The summed E-state index contributed by atoms with van der Waals surface area (Å²) in [6.45, 7) is 5.03. The summed E-state index contributed by atoms with van der Waals surface area (Å²) in [6.07, 6.45) is 0. The van der Waals surface area contributed by atoms with E-state index >= 15 is 0 Å². The second-order valence-electron chi connectivity index (χ2n) is 4.84. The van der Waals surface area contributed by atoms with E-state index < -0.39 is 0 Å². The summed E-state index contributed by atoms with van der Waals surface area (Å²) in [5.74, 6) is 1.11. The van der Waals surface area contributed by atoms with Crippen LogP contribution >= 0.6 is 11.6 Å². The fourth-order valence-corrected chi connectivity index (χ4v) is 2.75. The van der Waals surface area contributed by atoms with E-state index in [0.717, 1.165) is 5.56 Å². The first-order valence-electron chi connectivity index (χ1n) is 5.17. The van der Waals surface area contributed by atoms with Crippen molar-refractivity contribution in [2.45, 2.75) is 19.8 Å². The zero-order valence-corrected chi connectivity index (χ0v) is 9.75. The van der Waals surface area contributed by atoms with E-state index in [2.05, 4.69) is 13.8 Å². The van der Waals surface area contributed by atoms with Gasteiger partial charge in [0.25, 0.3) is 0 Å². The molecule has 15 heavy (non-hydrogen) atoms. The Morgan fingerprint density at radius 3 is 2.60 bits per heavy atom. The molecule has 0 aromatic heterocycles. The highest BCUT2D eigenvalue weighted by molar-refractivity contribution is 6.30. The van der Waals surface area contributed by atoms with Gasteiger partial charge in [-0.3, -0.25) is 0 Å². The van der Waals surface area contributed by atoms with Crippen LogP contribution in [0.5, 0.6) is 5.75 Å². The van der Waals surface area contributed by atoms with Crippen LogP contribution < -0.4 is 5.73 Å². The van der Waals surface area contributed by atoms with Crippen LogP contribution in [0.15, 0.2) is 18.2 Å². The van der Waals surface area contributed by atoms with Gasteiger partial charge < -0.3 is 10.8 Å². The third kappa shape index (κ3) is 1.62. The predicted molar refractivity (Wildman–Crippen MR) is 62.2 cm³/mol. The van der Waals surface area contributed by atoms with E-state index in [1.165, 1.54) is 0 Å². The standard InChI is InChI=1S/C12H16ClNO/c1-12(2)9(6-14)11(12)8-4-3-7(13)5-10(8)15/h3-5,9,11,15H,6,14H2,1-2H3. The molecule has 1 aliphatic rings. The number of halogens is 1. The Kier molecular flexibility index (Phi) is 2.44. The molecule has 1 aromatic rings. The van der Waals surface area contributed by atoms with E-state index in [1.54, 1.807) is 6.07 Å². The average Bonchev–Trinajstić information content (AvgIpc) is 2.68. The molecule has 0 aliphatic heterocycles. The maximum absolute atomic E-state index is 9.82. The first-order valence-corrected chi connectivity index (χ1v) is 5.54. The van der Waals surface area contributed by atoms with Gasteiger partial charge in [-0.05, 0) is 41.5 Å². The third-order valence-corrected chi connectivity index (χ3v) is 3.87. The summed E-state index contributed by atoms with van der Waals surface area (Å²) in [4.78, 5) is 0. The van der Waals surface area contributed by atoms with Crippen LogP contribution in [0.3, 0.4) is 0 Å². The van der Waals surface area contributed by atoms with Crippen LogP contribution in [-0.2, 0) is 0 Å². The molecule has 0 radical (unpaired) electrons. The minimum absolute atomic E-state index is 0.195. The van der Waals surface area contributed by atoms with E-state index in [1.807, 2.05) is 12.1 Å².